The normalized spacial score (nSPS) is 15.3. The fraction of sp³-hybridized carbons (Fsp3) is 0.412. The number of nitrogens with two attached hydrogens (primary N) is 1. The average molecular weight is 332 g/mol. The van der Waals surface area contributed by atoms with Crippen LogP contribution in [0.5, 0.6) is 0 Å². The van der Waals surface area contributed by atoms with Crippen LogP contribution in [0.1, 0.15) is 31.2 Å². The molecule has 0 radical (unpaired) electrons. The summed E-state index contributed by atoms with van der Waals surface area (Å²) in [5.74, 6) is 1.45. The van der Waals surface area contributed by atoms with Crippen molar-refractivity contribution in [1.82, 2.24) is 9.97 Å². The van der Waals surface area contributed by atoms with Crippen LogP contribution >= 0.6 is 11.6 Å². The van der Waals surface area contributed by atoms with Gasteiger partial charge < -0.3 is 16.0 Å². The van der Waals surface area contributed by atoms with E-state index in [-0.39, 0.29) is 0 Å². The molecular formula is C17H22ClN5. The maximum Gasteiger partial charge on any atom is 0.159 e. The molecule has 0 amide bonds. The van der Waals surface area contributed by atoms with Crippen LogP contribution in [0, 0.1) is 6.92 Å². The number of aryl methyl sites for hydroxylation is 1. The topological polar surface area (TPSA) is 67.1 Å². The predicted octanol–water partition coefficient (Wildman–Crippen LogP) is 4.14. The third kappa shape index (κ3) is 3.67. The molecule has 0 saturated carbocycles. The summed E-state index contributed by atoms with van der Waals surface area (Å²) < 4.78 is 0. The number of rotatable bonds is 3. The Morgan fingerprint density at radius 1 is 1.13 bits per heavy atom. The number of benzene rings is 1. The quantitative estimate of drug-likeness (QED) is 0.884. The number of aromatic nitrogens is 2. The van der Waals surface area contributed by atoms with Crippen LogP contribution in [0.25, 0.3) is 0 Å². The molecular weight excluding hydrogens is 310 g/mol. The molecule has 1 fully saturated rings. The molecule has 6 heteroatoms. The van der Waals surface area contributed by atoms with E-state index in [4.69, 9.17) is 17.3 Å². The third-order valence-corrected chi connectivity index (χ3v) is 4.46. The summed E-state index contributed by atoms with van der Waals surface area (Å²) in [6, 6.07) is 5.72. The molecule has 1 aromatic carbocycles. The molecule has 1 aliphatic heterocycles. The van der Waals surface area contributed by atoms with Crippen LogP contribution in [0.4, 0.5) is 23.0 Å². The zero-order chi connectivity index (χ0) is 16.2. The lowest BCUT2D eigenvalue weighted by Crippen LogP contribution is -2.26. The van der Waals surface area contributed by atoms with Gasteiger partial charge in [0, 0.05) is 23.8 Å². The Morgan fingerprint density at radius 2 is 1.87 bits per heavy atom. The fourth-order valence-corrected chi connectivity index (χ4v) is 3.05. The zero-order valence-electron chi connectivity index (χ0n) is 13.3. The summed E-state index contributed by atoms with van der Waals surface area (Å²) in [6.07, 6.45) is 6.47. The van der Waals surface area contributed by atoms with E-state index in [0.717, 1.165) is 30.2 Å². The molecule has 2 heterocycles. The van der Waals surface area contributed by atoms with Crippen molar-refractivity contribution in [2.45, 2.75) is 32.6 Å². The van der Waals surface area contributed by atoms with Gasteiger partial charge in [0.25, 0.3) is 0 Å². The van der Waals surface area contributed by atoms with Gasteiger partial charge in [-0.05, 0) is 37.5 Å². The summed E-state index contributed by atoms with van der Waals surface area (Å²) in [6.45, 7) is 4.01. The maximum absolute atomic E-state index is 6.34. The molecule has 122 valence electrons. The first kappa shape index (κ1) is 15.9. The van der Waals surface area contributed by atoms with Crippen molar-refractivity contribution in [2.24, 2.45) is 0 Å². The van der Waals surface area contributed by atoms with Crippen LogP contribution in [0.15, 0.2) is 24.5 Å². The van der Waals surface area contributed by atoms with Gasteiger partial charge in [0.05, 0.1) is 0 Å². The van der Waals surface area contributed by atoms with Gasteiger partial charge in [-0.15, -0.1) is 0 Å². The van der Waals surface area contributed by atoms with Gasteiger partial charge in [0.15, 0.2) is 11.6 Å². The smallest absolute Gasteiger partial charge is 0.159 e. The average Bonchev–Trinajstić information content (AvgIpc) is 2.82. The lowest BCUT2D eigenvalue weighted by Gasteiger charge is -2.23. The van der Waals surface area contributed by atoms with Gasteiger partial charge in [-0.2, -0.15) is 0 Å². The van der Waals surface area contributed by atoms with Gasteiger partial charge in [0.2, 0.25) is 0 Å². The van der Waals surface area contributed by atoms with Crippen molar-refractivity contribution < 1.29 is 0 Å². The van der Waals surface area contributed by atoms with Crippen LogP contribution in [0.3, 0.4) is 0 Å². The van der Waals surface area contributed by atoms with Gasteiger partial charge in [-0.25, -0.2) is 9.97 Å². The first-order valence-electron chi connectivity index (χ1n) is 8.04. The number of halogens is 1. The van der Waals surface area contributed by atoms with Crippen LogP contribution in [0.2, 0.25) is 5.02 Å². The Kier molecular flexibility index (Phi) is 4.86. The van der Waals surface area contributed by atoms with Crippen molar-refractivity contribution in [3.63, 3.8) is 0 Å². The highest BCUT2D eigenvalue weighted by atomic mass is 35.5. The van der Waals surface area contributed by atoms with E-state index >= 15 is 0 Å². The summed E-state index contributed by atoms with van der Waals surface area (Å²) in [4.78, 5) is 11.0. The van der Waals surface area contributed by atoms with E-state index in [0.29, 0.717) is 16.5 Å². The molecule has 0 atom stereocenters. The summed E-state index contributed by atoms with van der Waals surface area (Å²) in [7, 11) is 0. The molecule has 1 aromatic heterocycles. The minimum atomic E-state index is 0.591. The Labute approximate surface area is 141 Å². The van der Waals surface area contributed by atoms with Crippen LogP contribution in [-0.4, -0.2) is 23.1 Å². The fourth-order valence-electron chi connectivity index (χ4n) is 2.88. The molecule has 1 aliphatic rings. The van der Waals surface area contributed by atoms with Crippen molar-refractivity contribution >= 4 is 34.6 Å². The SMILES string of the molecule is Cc1ccc(Cl)cc1Nc1ncnc(N2CCCCCC2)c1N. The molecule has 0 bridgehead atoms. The molecule has 0 aliphatic carbocycles. The molecule has 0 spiro atoms. The Balaban J connectivity index is 1.88. The van der Waals surface area contributed by atoms with Crippen LogP contribution in [-0.2, 0) is 0 Å². The third-order valence-electron chi connectivity index (χ3n) is 4.22. The van der Waals surface area contributed by atoms with E-state index < -0.39 is 0 Å². The first-order valence-corrected chi connectivity index (χ1v) is 8.41. The molecule has 0 unspecified atom stereocenters. The summed E-state index contributed by atoms with van der Waals surface area (Å²) >= 11 is 6.08. The lowest BCUT2D eigenvalue weighted by molar-refractivity contribution is 0.726. The molecule has 3 N–H and O–H groups in total. The lowest BCUT2D eigenvalue weighted by atomic mass is 10.2. The van der Waals surface area contributed by atoms with Crippen LogP contribution < -0.4 is 16.0 Å². The standard InChI is InChI=1S/C17H22ClN5/c1-12-6-7-13(18)10-14(12)22-16-15(19)17(21-11-20-16)23-8-4-2-3-5-9-23/h6-7,10-11H,2-5,8-9,19H2,1H3,(H,20,21,22). The number of nitrogens with zero attached hydrogens (tertiary/aromatic N) is 3. The monoisotopic (exact) mass is 331 g/mol. The largest absolute Gasteiger partial charge is 0.393 e. The second kappa shape index (κ2) is 7.04. The molecule has 1 saturated heterocycles. The molecule has 5 nitrogen and oxygen atoms in total. The number of nitrogen functional groups attached to an aromatic ring is 1. The summed E-state index contributed by atoms with van der Waals surface area (Å²) in [5, 5.41) is 3.97. The number of anilines is 4. The van der Waals surface area contributed by atoms with Crippen molar-refractivity contribution in [2.75, 3.05) is 29.0 Å². The molecule has 2 aromatic rings. The second-order valence-corrected chi connectivity index (χ2v) is 6.38. The predicted molar refractivity (Wildman–Crippen MR) is 96.6 cm³/mol. The number of nitrogens with one attached hydrogen (secondary N) is 1. The van der Waals surface area contributed by atoms with E-state index in [1.165, 1.54) is 25.7 Å². The maximum atomic E-state index is 6.34. The zero-order valence-corrected chi connectivity index (χ0v) is 14.1. The van der Waals surface area contributed by atoms with E-state index in [1.807, 2.05) is 25.1 Å². The van der Waals surface area contributed by atoms with E-state index in [1.54, 1.807) is 6.33 Å². The minimum Gasteiger partial charge on any atom is -0.393 e. The first-order chi connectivity index (χ1) is 11.1. The number of hydrogen-bond acceptors (Lipinski definition) is 5. The minimum absolute atomic E-state index is 0.591. The van der Waals surface area contributed by atoms with E-state index in [9.17, 15) is 0 Å². The van der Waals surface area contributed by atoms with E-state index in [2.05, 4.69) is 20.2 Å². The van der Waals surface area contributed by atoms with Gasteiger partial charge >= 0.3 is 0 Å². The Hall–Kier alpha value is -2.01. The summed E-state index contributed by atoms with van der Waals surface area (Å²) in [5.41, 5.74) is 8.92. The van der Waals surface area contributed by atoms with Crippen molar-refractivity contribution in [1.29, 1.82) is 0 Å². The van der Waals surface area contributed by atoms with Gasteiger partial charge in [0.1, 0.15) is 12.0 Å². The molecule has 23 heavy (non-hydrogen) atoms. The number of hydrogen-bond donors (Lipinski definition) is 2. The van der Waals surface area contributed by atoms with Gasteiger partial charge in [-0.3, -0.25) is 0 Å². The van der Waals surface area contributed by atoms with Crippen molar-refractivity contribution in [3.8, 4) is 0 Å². The highest BCUT2D eigenvalue weighted by Crippen LogP contribution is 2.31. The van der Waals surface area contributed by atoms with Gasteiger partial charge in [-0.1, -0.05) is 30.5 Å². The van der Waals surface area contributed by atoms with Crippen molar-refractivity contribution in [3.05, 3.63) is 35.1 Å². The highest BCUT2D eigenvalue weighted by Gasteiger charge is 2.17. The Morgan fingerprint density at radius 3 is 2.61 bits per heavy atom. The second-order valence-electron chi connectivity index (χ2n) is 5.95. The Bertz CT molecular complexity index is 681. The highest BCUT2D eigenvalue weighted by molar-refractivity contribution is 6.30. The molecule has 3 rings (SSSR count).